The maximum atomic E-state index is 13.1. The molecule has 4 rings (SSSR count). The summed E-state index contributed by atoms with van der Waals surface area (Å²) < 4.78 is 5.53. The van der Waals surface area contributed by atoms with Crippen LogP contribution in [0.1, 0.15) is 36.0 Å². The van der Waals surface area contributed by atoms with Crippen molar-refractivity contribution in [2.75, 3.05) is 33.8 Å². The lowest BCUT2D eigenvalue weighted by atomic mass is 9.70. The molecule has 2 amide bonds. The van der Waals surface area contributed by atoms with Gasteiger partial charge >= 0.3 is 0 Å². The molecule has 136 valence electrons. The molecule has 2 bridgehead atoms. The third kappa shape index (κ3) is 3.49. The van der Waals surface area contributed by atoms with E-state index in [4.69, 9.17) is 10.5 Å². The minimum Gasteiger partial charge on any atom is -0.484 e. The fourth-order valence-electron chi connectivity index (χ4n) is 3.88. The summed E-state index contributed by atoms with van der Waals surface area (Å²) in [5.41, 5.74) is 6.46. The van der Waals surface area contributed by atoms with Crippen molar-refractivity contribution in [1.29, 1.82) is 0 Å². The highest BCUT2D eigenvalue weighted by molar-refractivity contribution is 5.95. The molecule has 0 spiro atoms. The second kappa shape index (κ2) is 7.04. The van der Waals surface area contributed by atoms with Crippen LogP contribution in [0.25, 0.3) is 0 Å². The van der Waals surface area contributed by atoms with Gasteiger partial charge in [0, 0.05) is 32.7 Å². The number of amides is 2. The average Bonchev–Trinajstić information content (AvgIpc) is 2.66. The fourth-order valence-corrected chi connectivity index (χ4v) is 3.88. The molecule has 6 nitrogen and oxygen atoms in total. The van der Waals surface area contributed by atoms with Crippen molar-refractivity contribution in [3.63, 3.8) is 0 Å². The predicted octanol–water partition coefficient (Wildman–Crippen LogP) is 1.50. The number of benzene rings is 1. The van der Waals surface area contributed by atoms with Gasteiger partial charge in [-0.25, -0.2) is 0 Å². The van der Waals surface area contributed by atoms with Crippen LogP contribution >= 0.6 is 0 Å². The standard InChI is InChI=1S/C19H27N3O3/c1-21(2)17(23)12-25-16-5-3-4-15(10-16)18(24)22-11-14-6-8-19(22,13-20)9-7-14/h3-5,10,14H,6-9,11-13,20H2,1-2H3. The number of likely N-dealkylation sites (N-methyl/N-ethyl adjacent to an activating group) is 1. The van der Waals surface area contributed by atoms with Crippen LogP contribution in [0, 0.1) is 5.92 Å². The van der Waals surface area contributed by atoms with E-state index in [2.05, 4.69) is 0 Å². The molecule has 3 aliphatic rings. The lowest BCUT2D eigenvalue weighted by Crippen LogP contribution is -2.63. The molecule has 0 aromatic heterocycles. The highest BCUT2D eigenvalue weighted by Crippen LogP contribution is 2.43. The molecule has 0 atom stereocenters. The van der Waals surface area contributed by atoms with Crippen LogP contribution in [0.15, 0.2) is 24.3 Å². The molecular weight excluding hydrogens is 318 g/mol. The van der Waals surface area contributed by atoms with Gasteiger partial charge in [0.05, 0.1) is 5.54 Å². The molecule has 6 heteroatoms. The van der Waals surface area contributed by atoms with E-state index in [-0.39, 0.29) is 24.0 Å². The number of hydrogen-bond acceptors (Lipinski definition) is 4. The van der Waals surface area contributed by atoms with Crippen LogP contribution in [-0.4, -0.2) is 60.9 Å². The quantitative estimate of drug-likeness (QED) is 0.877. The molecule has 2 saturated heterocycles. The molecule has 0 radical (unpaired) electrons. The smallest absolute Gasteiger partial charge is 0.259 e. The van der Waals surface area contributed by atoms with E-state index < -0.39 is 0 Å². The third-order valence-corrected chi connectivity index (χ3v) is 5.62. The second-order valence-electron chi connectivity index (χ2n) is 7.39. The maximum absolute atomic E-state index is 13.1. The first-order valence-electron chi connectivity index (χ1n) is 8.90. The molecular formula is C19H27N3O3. The van der Waals surface area contributed by atoms with E-state index in [0.29, 0.717) is 23.8 Å². The number of nitrogens with zero attached hydrogens (tertiary/aromatic N) is 2. The summed E-state index contributed by atoms with van der Waals surface area (Å²) >= 11 is 0. The lowest BCUT2D eigenvalue weighted by Gasteiger charge is -2.54. The van der Waals surface area contributed by atoms with Crippen LogP contribution in [0.5, 0.6) is 5.75 Å². The number of nitrogens with two attached hydrogens (primary N) is 1. The summed E-state index contributed by atoms with van der Waals surface area (Å²) in [7, 11) is 3.37. The van der Waals surface area contributed by atoms with Crippen molar-refractivity contribution >= 4 is 11.8 Å². The van der Waals surface area contributed by atoms with Gasteiger partial charge in [-0.15, -0.1) is 0 Å². The van der Waals surface area contributed by atoms with Gasteiger partial charge in [-0.3, -0.25) is 9.59 Å². The molecule has 0 unspecified atom stereocenters. The van der Waals surface area contributed by atoms with Crippen molar-refractivity contribution in [3.05, 3.63) is 29.8 Å². The predicted molar refractivity (Wildman–Crippen MR) is 95.4 cm³/mol. The van der Waals surface area contributed by atoms with E-state index in [1.165, 1.54) is 4.90 Å². The summed E-state index contributed by atoms with van der Waals surface area (Å²) in [6.45, 7) is 1.27. The number of fused-ring (bicyclic) bond motifs is 3. The number of hydrogen-bond donors (Lipinski definition) is 1. The summed E-state index contributed by atoms with van der Waals surface area (Å²) in [6.07, 6.45) is 4.31. The Kier molecular flexibility index (Phi) is 4.99. The highest BCUT2D eigenvalue weighted by Gasteiger charge is 2.47. The monoisotopic (exact) mass is 345 g/mol. The molecule has 25 heavy (non-hydrogen) atoms. The first-order chi connectivity index (χ1) is 11.9. The SMILES string of the molecule is CN(C)C(=O)COc1cccc(C(=O)N2CC3CCC2(CN)CC3)c1. The van der Waals surface area contributed by atoms with Gasteiger partial charge in [0.15, 0.2) is 6.61 Å². The molecule has 1 aromatic carbocycles. The highest BCUT2D eigenvalue weighted by atomic mass is 16.5. The number of carbonyl (C=O) groups excluding carboxylic acids is 2. The van der Waals surface area contributed by atoms with Gasteiger partial charge in [0.2, 0.25) is 0 Å². The molecule has 3 fully saturated rings. The molecule has 1 saturated carbocycles. The largest absolute Gasteiger partial charge is 0.484 e. The van der Waals surface area contributed by atoms with Crippen LogP contribution in [0.3, 0.4) is 0 Å². The van der Waals surface area contributed by atoms with Gasteiger partial charge in [0.1, 0.15) is 5.75 Å². The van der Waals surface area contributed by atoms with Crippen LogP contribution < -0.4 is 10.5 Å². The van der Waals surface area contributed by atoms with Gasteiger partial charge in [-0.05, 0) is 49.8 Å². The average molecular weight is 345 g/mol. The zero-order chi connectivity index (χ0) is 18.0. The topological polar surface area (TPSA) is 75.9 Å². The fraction of sp³-hybridized carbons (Fsp3) is 0.579. The number of rotatable bonds is 5. The normalized spacial score (nSPS) is 24.9. The first-order valence-corrected chi connectivity index (χ1v) is 8.90. The van der Waals surface area contributed by atoms with Crippen molar-refractivity contribution in [1.82, 2.24) is 9.80 Å². The van der Waals surface area contributed by atoms with Crippen LogP contribution in [0.2, 0.25) is 0 Å². The van der Waals surface area contributed by atoms with Crippen LogP contribution in [0.4, 0.5) is 0 Å². The van der Waals surface area contributed by atoms with Gasteiger partial charge in [-0.2, -0.15) is 0 Å². The third-order valence-electron chi connectivity index (χ3n) is 5.62. The first kappa shape index (κ1) is 17.7. The van der Waals surface area contributed by atoms with E-state index in [1.807, 2.05) is 4.90 Å². The van der Waals surface area contributed by atoms with Crippen molar-refractivity contribution in [2.24, 2.45) is 11.7 Å². The molecule has 1 aromatic rings. The number of piperidine rings is 2. The number of ether oxygens (including phenoxy) is 1. The van der Waals surface area contributed by atoms with E-state index in [9.17, 15) is 9.59 Å². The van der Waals surface area contributed by atoms with Gasteiger partial charge < -0.3 is 20.3 Å². The van der Waals surface area contributed by atoms with Crippen molar-refractivity contribution in [3.8, 4) is 5.75 Å². The molecule has 2 N–H and O–H groups in total. The Labute approximate surface area is 148 Å². The molecule has 1 aliphatic carbocycles. The maximum Gasteiger partial charge on any atom is 0.259 e. The minimum absolute atomic E-state index is 0.0132. The lowest BCUT2D eigenvalue weighted by molar-refractivity contribution is -0.130. The van der Waals surface area contributed by atoms with Crippen molar-refractivity contribution in [2.45, 2.75) is 31.2 Å². The Morgan fingerprint density at radius 3 is 2.68 bits per heavy atom. The van der Waals surface area contributed by atoms with E-state index >= 15 is 0 Å². The molecule has 2 heterocycles. The Bertz CT molecular complexity index is 651. The van der Waals surface area contributed by atoms with Gasteiger partial charge in [-0.1, -0.05) is 6.07 Å². The Morgan fingerprint density at radius 1 is 1.32 bits per heavy atom. The van der Waals surface area contributed by atoms with Crippen molar-refractivity contribution < 1.29 is 14.3 Å². The Balaban J connectivity index is 1.74. The van der Waals surface area contributed by atoms with Gasteiger partial charge in [0.25, 0.3) is 11.8 Å². The summed E-state index contributed by atoms with van der Waals surface area (Å²) in [5, 5.41) is 0. The second-order valence-corrected chi connectivity index (χ2v) is 7.39. The van der Waals surface area contributed by atoms with E-state index in [1.54, 1.807) is 38.4 Å². The Morgan fingerprint density at radius 2 is 2.04 bits per heavy atom. The summed E-state index contributed by atoms with van der Waals surface area (Å²) in [4.78, 5) is 28.2. The van der Waals surface area contributed by atoms with E-state index in [0.717, 1.165) is 32.2 Å². The summed E-state index contributed by atoms with van der Waals surface area (Å²) in [6, 6.07) is 7.08. The number of carbonyl (C=O) groups is 2. The molecule has 2 aliphatic heterocycles. The summed E-state index contributed by atoms with van der Waals surface area (Å²) in [5.74, 6) is 1.02. The zero-order valence-corrected chi connectivity index (χ0v) is 15.0. The minimum atomic E-state index is -0.191. The Hall–Kier alpha value is -2.08. The van der Waals surface area contributed by atoms with Crippen LogP contribution in [-0.2, 0) is 4.79 Å². The zero-order valence-electron chi connectivity index (χ0n) is 15.0.